The fourth-order valence-electron chi connectivity index (χ4n) is 2.73. The molecular formula is C22H23NO4. The maximum absolute atomic E-state index is 12.2. The summed E-state index contributed by atoms with van der Waals surface area (Å²) in [7, 11) is 3.15. The Hall–Kier alpha value is -3.08. The lowest BCUT2D eigenvalue weighted by molar-refractivity contribution is -0.129. The van der Waals surface area contributed by atoms with Gasteiger partial charge in [-0.3, -0.25) is 0 Å². The van der Waals surface area contributed by atoms with Crippen LogP contribution < -0.4 is 9.47 Å². The van der Waals surface area contributed by atoms with E-state index >= 15 is 0 Å². The number of hydrogen-bond acceptors (Lipinski definition) is 5. The number of ether oxygens (including phenoxy) is 3. The lowest BCUT2D eigenvalue weighted by atomic mass is 9.87. The second-order valence-electron chi connectivity index (χ2n) is 7.27. The van der Waals surface area contributed by atoms with Crippen LogP contribution in [-0.2, 0) is 14.9 Å². The molecule has 1 heterocycles. The van der Waals surface area contributed by atoms with Crippen LogP contribution in [0.15, 0.2) is 53.2 Å². The summed E-state index contributed by atoms with van der Waals surface area (Å²) in [6, 6.07) is 13.3. The van der Waals surface area contributed by atoms with Gasteiger partial charge in [-0.2, -0.15) is 0 Å². The van der Waals surface area contributed by atoms with Gasteiger partial charge in [0.2, 0.25) is 5.90 Å². The SMILES string of the molecule is COc1ccc(/C=C2/N=C(c3ccc(C(C)(C)C)cc3)OC2=O)c(OC)c1. The third kappa shape index (κ3) is 4.03. The predicted octanol–water partition coefficient (Wildman–Crippen LogP) is 4.35. The molecule has 2 aromatic rings. The highest BCUT2D eigenvalue weighted by molar-refractivity contribution is 6.13. The number of benzene rings is 2. The lowest BCUT2D eigenvalue weighted by Gasteiger charge is -2.18. The number of carbonyl (C=O) groups excluding carboxylic acids is 1. The van der Waals surface area contributed by atoms with Crippen LogP contribution in [0.25, 0.3) is 6.08 Å². The molecule has 140 valence electrons. The van der Waals surface area contributed by atoms with Crippen LogP contribution in [-0.4, -0.2) is 26.1 Å². The van der Waals surface area contributed by atoms with Crippen LogP contribution in [0.1, 0.15) is 37.5 Å². The van der Waals surface area contributed by atoms with E-state index in [4.69, 9.17) is 14.2 Å². The number of esters is 1. The van der Waals surface area contributed by atoms with Gasteiger partial charge in [0.15, 0.2) is 5.70 Å². The van der Waals surface area contributed by atoms with Gasteiger partial charge in [0, 0.05) is 17.2 Å². The summed E-state index contributed by atoms with van der Waals surface area (Å²) in [6.07, 6.45) is 1.65. The van der Waals surface area contributed by atoms with Crippen molar-refractivity contribution in [2.24, 2.45) is 4.99 Å². The van der Waals surface area contributed by atoms with E-state index in [1.165, 1.54) is 5.56 Å². The molecule has 0 spiro atoms. The van der Waals surface area contributed by atoms with E-state index < -0.39 is 5.97 Å². The molecule has 0 radical (unpaired) electrons. The topological polar surface area (TPSA) is 57.1 Å². The summed E-state index contributed by atoms with van der Waals surface area (Å²) in [6.45, 7) is 6.45. The van der Waals surface area contributed by atoms with E-state index in [-0.39, 0.29) is 11.1 Å². The van der Waals surface area contributed by atoms with Crippen molar-refractivity contribution in [3.05, 3.63) is 64.9 Å². The molecule has 0 atom stereocenters. The highest BCUT2D eigenvalue weighted by Crippen LogP contribution is 2.29. The maximum Gasteiger partial charge on any atom is 0.363 e. The molecule has 0 fully saturated rings. The first-order chi connectivity index (χ1) is 12.8. The first-order valence-corrected chi connectivity index (χ1v) is 8.67. The summed E-state index contributed by atoms with van der Waals surface area (Å²) in [5.74, 6) is 1.08. The number of nitrogens with zero attached hydrogens (tertiary/aromatic N) is 1. The summed E-state index contributed by atoms with van der Waals surface area (Å²) >= 11 is 0. The van der Waals surface area contributed by atoms with Crippen LogP contribution in [0.5, 0.6) is 11.5 Å². The average molecular weight is 365 g/mol. The summed E-state index contributed by atoms with van der Waals surface area (Å²) in [4.78, 5) is 16.6. The van der Waals surface area contributed by atoms with Crippen LogP contribution in [0, 0.1) is 0 Å². The van der Waals surface area contributed by atoms with Gasteiger partial charge in [0.25, 0.3) is 0 Å². The minimum atomic E-state index is -0.484. The molecule has 5 heteroatoms. The molecule has 1 aliphatic rings. The monoisotopic (exact) mass is 365 g/mol. The van der Waals surface area contributed by atoms with Crippen molar-refractivity contribution in [3.63, 3.8) is 0 Å². The standard InChI is InChI=1S/C22H23NO4/c1-22(2,3)16-9-6-14(7-10-16)20-23-18(21(24)27-20)12-15-8-11-17(25-4)13-19(15)26-5/h6-13H,1-5H3/b18-12+. The normalized spacial score (nSPS) is 15.5. The Morgan fingerprint density at radius 1 is 1.00 bits per heavy atom. The number of carbonyl (C=O) groups is 1. The zero-order chi connectivity index (χ0) is 19.6. The van der Waals surface area contributed by atoms with E-state index in [1.54, 1.807) is 32.4 Å². The van der Waals surface area contributed by atoms with Crippen molar-refractivity contribution in [1.82, 2.24) is 0 Å². The van der Waals surface area contributed by atoms with Crippen molar-refractivity contribution in [3.8, 4) is 11.5 Å². The molecule has 0 saturated carbocycles. The van der Waals surface area contributed by atoms with E-state index in [2.05, 4.69) is 25.8 Å². The first kappa shape index (κ1) is 18.7. The number of methoxy groups -OCH3 is 2. The smallest absolute Gasteiger partial charge is 0.363 e. The molecular weight excluding hydrogens is 342 g/mol. The summed E-state index contributed by atoms with van der Waals surface area (Å²) in [5, 5.41) is 0. The Labute approximate surface area is 159 Å². The van der Waals surface area contributed by atoms with E-state index in [9.17, 15) is 4.79 Å². The predicted molar refractivity (Wildman–Crippen MR) is 105 cm³/mol. The van der Waals surface area contributed by atoms with Crippen LogP contribution in [0.4, 0.5) is 0 Å². The van der Waals surface area contributed by atoms with Crippen molar-refractivity contribution < 1.29 is 19.0 Å². The largest absolute Gasteiger partial charge is 0.497 e. The Morgan fingerprint density at radius 2 is 1.70 bits per heavy atom. The van der Waals surface area contributed by atoms with Gasteiger partial charge in [-0.1, -0.05) is 32.9 Å². The van der Waals surface area contributed by atoms with Gasteiger partial charge in [-0.15, -0.1) is 0 Å². The van der Waals surface area contributed by atoms with Gasteiger partial charge >= 0.3 is 5.97 Å². The van der Waals surface area contributed by atoms with Gasteiger partial charge in [-0.25, -0.2) is 9.79 Å². The Kier molecular flexibility index (Phi) is 5.04. The van der Waals surface area contributed by atoms with Gasteiger partial charge in [0.1, 0.15) is 11.5 Å². The van der Waals surface area contributed by atoms with Crippen molar-refractivity contribution in [1.29, 1.82) is 0 Å². The van der Waals surface area contributed by atoms with E-state index in [1.807, 2.05) is 30.3 Å². The summed E-state index contributed by atoms with van der Waals surface area (Å²) in [5.41, 5.74) is 2.98. The average Bonchev–Trinajstić information content (AvgIpc) is 3.02. The molecule has 0 unspecified atom stereocenters. The molecule has 0 N–H and O–H groups in total. The second kappa shape index (κ2) is 7.27. The van der Waals surface area contributed by atoms with Gasteiger partial charge in [-0.05, 0) is 41.3 Å². The second-order valence-corrected chi connectivity index (χ2v) is 7.27. The number of rotatable bonds is 4. The van der Waals surface area contributed by atoms with Crippen LogP contribution >= 0.6 is 0 Å². The quantitative estimate of drug-likeness (QED) is 0.597. The zero-order valence-corrected chi connectivity index (χ0v) is 16.2. The van der Waals surface area contributed by atoms with Crippen molar-refractivity contribution in [2.45, 2.75) is 26.2 Å². The molecule has 0 aliphatic carbocycles. The number of hydrogen-bond donors (Lipinski definition) is 0. The number of aliphatic imine (C=N–C) groups is 1. The van der Waals surface area contributed by atoms with Crippen molar-refractivity contribution in [2.75, 3.05) is 14.2 Å². The molecule has 0 bridgehead atoms. The maximum atomic E-state index is 12.2. The highest BCUT2D eigenvalue weighted by atomic mass is 16.6. The summed E-state index contributed by atoms with van der Waals surface area (Å²) < 4.78 is 15.9. The molecule has 0 saturated heterocycles. The van der Waals surface area contributed by atoms with E-state index in [0.717, 1.165) is 11.1 Å². The number of cyclic esters (lactones) is 1. The molecule has 3 rings (SSSR count). The van der Waals surface area contributed by atoms with Crippen LogP contribution in [0.3, 0.4) is 0 Å². The van der Waals surface area contributed by atoms with Crippen LogP contribution in [0.2, 0.25) is 0 Å². The molecule has 5 nitrogen and oxygen atoms in total. The third-order valence-electron chi connectivity index (χ3n) is 4.35. The molecule has 2 aromatic carbocycles. The van der Waals surface area contributed by atoms with Crippen molar-refractivity contribution >= 4 is 17.9 Å². The minimum Gasteiger partial charge on any atom is -0.497 e. The highest BCUT2D eigenvalue weighted by Gasteiger charge is 2.25. The van der Waals surface area contributed by atoms with Gasteiger partial charge < -0.3 is 14.2 Å². The molecule has 27 heavy (non-hydrogen) atoms. The van der Waals surface area contributed by atoms with Gasteiger partial charge in [0.05, 0.1) is 14.2 Å². The fourth-order valence-corrected chi connectivity index (χ4v) is 2.73. The zero-order valence-electron chi connectivity index (χ0n) is 16.2. The Bertz CT molecular complexity index is 918. The Balaban J connectivity index is 1.91. The first-order valence-electron chi connectivity index (χ1n) is 8.67. The molecule has 0 amide bonds. The third-order valence-corrected chi connectivity index (χ3v) is 4.35. The molecule has 1 aliphatic heterocycles. The fraction of sp³-hybridized carbons (Fsp3) is 0.273. The lowest BCUT2D eigenvalue weighted by Crippen LogP contribution is -2.11. The van der Waals surface area contributed by atoms with E-state index in [0.29, 0.717) is 17.4 Å². The Morgan fingerprint density at radius 3 is 2.30 bits per heavy atom. The molecule has 0 aromatic heterocycles. The minimum absolute atomic E-state index is 0.0582.